The van der Waals surface area contributed by atoms with Gasteiger partial charge in [-0.25, -0.2) is 0 Å². The van der Waals surface area contributed by atoms with Gasteiger partial charge in [0, 0.05) is 6.20 Å². The number of aromatic nitrogens is 3. The van der Waals surface area contributed by atoms with Crippen molar-refractivity contribution in [3.63, 3.8) is 0 Å². The molecule has 0 bridgehead atoms. The number of fused-ring (bicyclic) bond motifs is 1. The van der Waals surface area contributed by atoms with Crippen LogP contribution in [0.15, 0.2) is 17.4 Å². The minimum Gasteiger partial charge on any atom is -0.288 e. The van der Waals surface area contributed by atoms with Crippen molar-refractivity contribution < 1.29 is 0 Å². The van der Waals surface area contributed by atoms with E-state index in [4.69, 9.17) is 0 Å². The van der Waals surface area contributed by atoms with E-state index < -0.39 is 0 Å². The third-order valence-electron chi connectivity index (χ3n) is 1.28. The van der Waals surface area contributed by atoms with Crippen LogP contribution in [0, 0.1) is 0 Å². The normalized spacial score (nSPS) is 14.8. The van der Waals surface area contributed by atoms with Gasteiger partial charge in [-0.3, -0.25) is 9.56 Å². The third-order valence-corrected chi connectivity index (χ3v) is 1.28. The Bertz CT molecular complexity index is 257. The summed E-state index contributed by atoms with van der Waals surface area (Å²) in [6.45, 7) is 0.726. The van der Waals surface area contributed by atoms with Gasteiger partial charge in [-0.2, -0.15) is 0 Å². The van der Waals surface area contributed by atoms with Gasteiger partial charge in [0.25, 0.3) is 0 Å². The molecule has 4 heteroatoms. The number of hydrogen-bond donors (Lipinski definition) is 0. The fraction of sp³-hybridized carbons (Fsp3) is 0.167. The SMILES string of the molecule is C1=Cn2cnnc2C=NC1. The van der Waals surface area contributed by atoms with E-state index in [2.05, 4.69) is 15.2 Å². The monoisotopic (exact) mass is 134 g/mol. The van der Waals surface area contributed by atoms with Crippen LogP contribution in [0.1, 0.15) is 5.82 Å². The van der Waals surface area contributed by atoms with Gasteiger partial charge in [0.1, 0.15) is 6.33 Å². The topological polar surface area (TPSA) is 43.1 Å². The molecule has 0 aliphatic carbocycles. The molecule has 0 spiro atoms. The van der Waals surface area contributed by atoms with Gasteiger partial charge >= 0.3 is 0 Å². The second-order valence-corrected chi connectivity index (χ2v) is 1.98. The van der Waals surface area contributed by atoms with Gasteiger partial charge in [-0.15, -0.1) is 10.2 Å². The summed E-state index contributed by atoms with van der Waals surface area (Å²) in [6.07, 6.45) is 7.23. The first kappa shape index (κ1) is 5.34. The molecule has 10 heavy (non-hydrogen) atoms. The first-order chi connectivity index (χ1) is 4.97. The van der Waals surface area contributed by atoms with Crippen molar-refractivity contribution in [3.8, 4) is 0 Å². The Labute approximate surface area is 57.9 Å². The molecule has 50 valence electrons. The van der Waals surface area contributed by atoms with Crippen molar-refractivity contribution in [2.75, 3.05) is 6.54 Å². The third kappa shape index (κ3) is 0.737. The van der Waals surface area contributed by atoms with Crippen LogP contribution >= 0.6 is 0 Å². The summed E-state index contributed by atoms with van der Waals surface area (Å²) in [6, 6.07) is 0. The summed E-state index contributed by atoms with van der Waals surface area (Å²) in [5.41, 5.74) is 0. The van der Waals surface area contributed by atoms with Crippen LogP contribution in [0.5, 0.6) is 0 Å². The van der Waals surface area contributed by atoms with Crippen molar-refractivity contribution >= 4 is 12.4 Å². The lowest BCUT2D eigenvalue weighted by molar-refractivity contribution is 1.08. The molecular formula is C6H6N4. The molecule has 0 aromatic carbocycles. The smallest absolute Gasteiger partial charge is 0.178 e. The summed E-state index contributed by atoms with van der Waals surface area (Å²) >= 11 is 0. The van der Waals surface area contributed by atoms with Gasteiger partial charge < -0.3 is 0 Å². The minimum absolute atomic E-state index is 0.726. The van der Waals surface area contributed by atoms with Crippen LogP contribution in [-0.2, 0) is 0 Å². The lowest BCUT2D eigenvalue weighted by Gasteiger charge is -1.87. The van der Waals surface area contributed by atoms with Crippen molar-refractivity contribution in [2.45, 2.75) is 0 Å². The van der Waals surface area contributed by atoms with E-state index in [1.165, 1.54) is 0 Å². The van der Waals surface area contributed by atoms with Gasteiger partial charge in [-0.1, -0.05) is 0 Å². The summed E-state index contributed by atoms with van der Waals surface area (Å²) in [7, 11) is 0. The van der Waals surface area contributed by atoms with Gasteiger partial charge in [0.05, 0.1) is 12.8 Å². The molecule has 0 atom stereocenters. The second-order valence-electron chi connectivity index (χ2n) is 1.98. The molecule has 0 radical (unpaired) electrons. The Morgan fingerprint density at radius 1 is 1.50 bits per heavy atom. The molecule has 0 amide bonds. The molecule has 0 N–H and O–H groups in total. The molecule has 1 aliphatic rings. The molecule has 0 unspecified atom stereocenters. The standard InChI is InChI=1S/C6H6N4/c1-2-7-4-6-9-8-5-10(6)3-1/h1,3-5H,2H2. The molecule has 0 saturated carbocycles. The quantitative estimate of drug-likeness (QED) is 0.508. The van der Waals surface area contributed by atoms with E-state index in [0.717, 1.165) is 12.4 Å². The zero-order valence-corrected chi connectivity index (χ0v) is 5.31. The van der Waals surface area contributed by atoms with Crippen LogP contribution < -0.4 is 0 Å². The largest absolute Gasteiger partial charge is 0.288 e. The maximum atomic E-state index is 4.05. The molecule has 2 rings (SSSR count). The lowest BCUT2D eigenvalue weighted by atomic mass is 10.6. The fourth-order valence-corrected chi connectivity index (χ4v) is 0.815. The summed E-state index contributed by atoms with van der Waals surface area (Å²) in [4.78, 5) is 4.05. The summed E-state index contributed by atoms with van der Waals surface area (Å²) < 4.78 is 1.83. The average Bonchev–Trinajstić information content (AvgIpc) is 2.28. The maximum absolute atomic E-state index is 4.05. The molecule has 4 nitrogen and oxygen atoms in total. The van der Waals surface area contributed by atoms with Crippen molar-refractivity contribution in [1.82, 2.24) is 14.8 Å². The highest BCUT2D eigenvalue weighted by Gasteiger charge is 1.97. The number of hydrogen-bond acceptors (Lipinski definition) is 3. The number of nitrogens with zero attached hydrogens (tertiary/aromatic N) is 4. The van der Waals surface area contributed by atoms with Gasteiger partial charge in [0.15, 0.2) is 5.82 Å². The van der Waals surface area contributed by atoms with E-state index in [-0.39, 0.29) is 0 Å². The predicted octanol–water partition coefficient (Wildman–Crippen LogP) is 0.181. The summed E-state index contributed by atoms with van der Waals surface area (Å²) in [5, 5.41) is 7.55. The maximum Gasteiger partial charge on any atom is 0.178 e. The zero-order valence-electron chi connectivity index (χ0n) is 5.31. The Morgan fingerprint density at radius 3 is 3.50 bits per heavy atom. The van der Waals surface area contributed by atoms with Crippen LogP contribution in [-0.4, -0.2) is 27.5 Å². The van der Waals surface area contributed by atoms with Crippen molar-refractivity contribution in [1.29, 1.82) is 0 Å². The Kier molecular flexibility index (Phi) is 1.10. The molecular weight excluding hydrogens is 128 g/mol. The van der Waals surface area contributed by atoms with E-state index in [1.807, 2.05) is 16.8 Å². The Morgan fingerprint density at radius 2 is 2.50 bits per heavy atom. The molecule has 1 aromatic heterocycles. The minimum atomic E-state index is 0.726. The molecule has 0 saturated heterocycles. The van der Waals surface area contributed by atoms with Crippen molar-refractivity contribution in [2.24, 2.45) is 4.99 Å². The molecule has 2 heterocycles. The van der Waals surface area contributed by atoms with E-state index in [1.54, 1.807) is 12.5 Å². The van der Waals surface area contributed by atoms with Gasteiger partial charge in [0.2, 0.25) is 0 Å². The fourth-order valence-electron chi connectivity index (χ4n) is 0.815. The molecule has 0 fully saturated rings. The lowest BCUT2D eigenvalue weighted by Crippen LogP contribution is -1.91. The number of rotatable bonds is 0. The Balaban J connectivity index is 2.56. The van der Waals surface area contributed by atoms with Crippen LogP contribution in [0.3, 0.4) is 0 Å². The van der Waals surface area contributed by atoms with Crippen LogP contribution in [0.2, 0.25) is 0 Å². The van der Waals surface area contributed by atoms with E-state index in [9.17, 15) is 0 Å². The molecule has 1 aromatic rings. The predicted molar refractivity (Wildman–Crippen MR) is 37.8 cm³/mol. The second kappa shape index (κ2) is 2.06. The van der Waals surface area contributed by atoms with E-state index >= 15 is 0 Å². The highest BCUT2D eigenvalue weighted by Crippen LogP contribution is 1.96. The zero-order chi connectivity index (χ0) is 6.81. The highest BCUT2D eigenvalue weighted by molar-refractivity contribution is 5.76. The average molecular weight is 134 g/mol. The number of aliphatic imine (C=N–C) groups is 1. The first-order valence-corrected chi connectivity index (χ1v) is 3.03. The van der Waals surface area contributed by atoms with Gasteiger partial charge in [-0.05, 0) is 6.08 Å². The van der Waals surface area contributed by atoms with E-state index in [0.29, 0.717) is 0 Å². The first-order valence-electron chi connectivity index (χ1n) is 3.03. The molecule has 1 aliphatic heterocycles. The highest BCUT2D eigenvalue weighted by atomic mass is 15.3. The Hall–Kier alpha value is -1.45. The summed E-state index contributed by atoms with van der Waals surface area (Å²) in [5.74, 6) is 0.786. The van der Waals surface area contributed by atoms with Crippen LogP contribution in [0.4, 0.5) is 0 Å². The van der Waals surface area contributed by atoms with Crippen molar-refractivity contribution in [3.05, 3.63) is 18.2 Å². The van der Waals surface area contributed by atoms with Crippen LogP contribution in [0.25, 0.3) is 6.20 Å².